The summed E-state index contributed by atoms with van der Waals surface area (Å²) >= 11 is 1.42. The van der Waals surface area contributed by atoms with Crippen molar-refractivity contribution in [2.24, 2.45) is 23.1 Å². The summed E-state index contributed by atoms with van der Waals surface area (Å²) in [4.78, 5) is 71.9. The van der Waals surface area contributed by atoms with Gasteiger partial charge in [-0.2, -0.15) is 11.8 Å². The number of thioether (sulfide) groups is 1. The van der Waals surface area contributed by atoms with E-state index in [9.17, 15) is 33.9 Å². The quantitative estimate of drug-likeness (QED) is 0.113. The molecule has 194 valence electrons. The van der Waals surface area contributed by atoms with Gasteiger partial charge in [-0.25, -0.2) is 4.79 Å². The lowest BCUT2D eigenvalue weighted by Crippen LogP contribution is -2.59. The van der Waals surface area contributed by atoms with Gasteiger partial charge in [-0.15, -0.1) is 0 Å². The summed E-state index contributed by atoms with van der Waals surface area (Å²) in [5, 5.41) is 16.6. The smallest absolute Gasteiger partial charge is 0.326 e. The number of rotatable bonds is 17. The van der Waals surface area contributed by atoms with Gasteiger partial charge < -0.3 is 38.3 Å². The minimum absolute atomic E-state index is 0.0728. The molecule has 0 aliphatic carbocycles. The lowest BCUT2D eigenvalue weighted by Gasteiger charge is -2.27. The molecule has 5 amide bonds. The van der Waals surface area contributed by atoms with Crippen molar-refractivity contribution >= 4 is 47.3 Å². The number of carboxylic acids is 1. The van der Waals surface area contributed by atoms with Crippen molar-refractivity contribution in [3.8, 4) is 0 Å². The number of hydrogen-bond donors (Lipinski definition) is 7. The van der Waals surface area contributed by atoms with E-state index in [1.165, 1.54) is 11.8 Å². The average Bonchev–Trinajstić information content (AvgIpc) is 2.76. The highest BCUT2D eigenvalue weighted by Crippen LogP contribution is 2.11. The summed E-state index contributed by atoms with van der Waals surface area (Å²) in [7, 11) is 0. The van der Waals surface area contributed by atoms with Crippen LogP contribution < -0.4 is 33.2 Å². The molecule has 10 N–H and O–H groups in total. The Morgan fingerprint density at radius 1 is 0.882 bits per heavy atom. The average molecular weight is 505 g/mol. The molecular formula is C20H36N6O7S. The molecule has 0 fully saturated rings. The minimum Gasteiger partial charge on any atom is -0.480 e. The first-order valence-electron chi connectivity index (χ1n) is 10.8. The number of carboxylic acid groups (broad SMARTS) is 1. The lowest BCUT2D eigenvalue weighted by molar-refractivity contribution is -0.142. The molecule has 5 unspecified atom stereocenters. The van der Waals surface area contributed by atoms with Gasteiger partial charge in [0.1, 0.15) is 18.1 Å². The topological polar surface area (TPSA) is 237 Å². The Hall–Kier alpha value is -2.87. The van der Waals surface area contributed by atoms with E-state index in [0.29, 0.717) is 12.2 Å². The van der Waals surface area contributed by atoms with Gasteiger partial charge in [0.2, 0.25) is 29.5 Å². The fourth-order valence-electron chi connectivity index (χ4n) is 2.83. The van der Waals surface area contributed by atoms with Crippen molar-refractivity contribution < 1.29 is 33.9 Å². The molecule has 34 heavy (non-hydrogen) atoms. The van der Waals surface area contributed by atoms with E-state index in [2.05, 4.69) is 16.0 Å². The van der Waals surface area contributed by atoms with Gasteiger partial charge in [0.05, 0.1) is 12.5 Å². The molecule has 0 aromatic rings. The number of primary amides is 2. The summed E-state index contributed by atoms with van der Waals surface area (Å²) in [5.41, 5.74) is 15.9. The van der Waals surface area contributed by atoms with E-state index < -0.39 is 72.0 Å². The molecule has 0 rings (SSSR count). The molecule has 13 nitrogen and oxygen atoms in total. The molecule has 0 aliphatic rings. The molecule has 5 atom stereocenters. The summed E-state index contributed by atoms with van der Waals surface area (Å²) in [6, 6.07) is -4.88. The van der Waals surface area contributed by atoms with E-state index in [0.717, 1.165) is 0 Å². The van der Waals surface area contributed by atoms with Gasteiger partial charge >= 0.3 is 5.97 Å². The standard InChI is InChI=1S/C20H36N6O7S/c1-4-10(2)16(19(31)24-12(20(32)33)7-8-34-3)26-18(30)13(9-15(23)28)25-17(29)11(21)5-6-14(22)27/h10-13,16H,4-9,21H2,1-3H3,(H2,22,27)(H2,23,28)(H,24,31)(H,25,29)(H,26,30)(H,32,33). The largest absolute Gasteiger partial charge is 0.480 e. The molecule has 0 saturated carbocycles. The summed E-state index contributed by atoms with van der Waals surface area (Å²) in [6.45, 7) is 3.46. The Labute approximate surface area is 202 Å². The highest BCUT2D eigenvalue weighted by atomic mass is 32.2. The van der Waals surface area contributed by atoms with Gasteiger partial charge in [-0.3, -0.25) is 24.0 Å². The van der Waals surface area contributed by atoms with E-state index in [1.54, 1.807) is 20.1 Å². The first-order valence-corrected chi connectivity index (χ1v) is 12.2. The zero-order chi connectivity index (χ0) is 26.4. The third kappa shape index (κ3) is 11.8. The van der Waals surface area contributed by atoms with E-state index >= 15 is 0 Å². The van der Waals surface area contributed by atoms with E-state index in [-0.39, 0.29) is 19.3 Å². The van der Waals surface area contributed by atoms with Crippen LogP contribution in [0.4, 0.5) is 0 Å². The third-order valence-corrected chi connectivity index (χ3v) is 5.74. The monoisotopic (exact) mass is 504 g/mol. The van der Waals surface area contributed by atoms with Crippen LogP contribution in [0.15, 0.2) is 0 Å². The zero-order valence-electron chi connectivity index (χ0n) is 19.7. The van der Waals surface area contributed by atoms with Crippen molar-refractivity contribution in [3.05, 3.63) is 0 Å². The number of nitrogens with one attached hydrogen (secondary N) is 3. The second-order valence-electron chi connectivity index (χ2n) is 7.90. The molecule has 0 saturated heterocycles. The van der Waals surface area contributed by atoms with Crippen molar-refractivity contribution in [3.63, 3.8) is 0 Å². The summed E-state index contributed by atoms with van der Waals surface area (Å²) < 4.78 is 0. The molecule has 0 aromatic heterocycles. The fraction of sp³-hybridized carbons (Fsp3) is 0.700. The van der Waals surface area contributed by atoms with Gasteiger partial charge in [0.25, 0.3) is 0 Å². The molecular weight excluding hydrogens is 468 g/mol. The first kappa shape index (κ1) is 31.1. The number of amides is 5. The van der Waals surface area contributed by atoms with Crippen LogP contribution in [-0.2, 0) is 28.8 Å². The van der Waals surface area contributed by atoms with E-state index in [4.69, 9.17) is 17.2 Å². The van der Waals surface area contributed by atoms with Crippen LogP contribution in [0.25, 0.3) is 0 Å². The van der Waals surface area contributed by atoms with Gasteiger partial charge in [0.15, 0.2) is 0 Å². The maximum atomic E-state index is 12.9. The second-order valence-corrected chi connectivity index (χ2v) is 8.88. The number of nitrogens with two attached hydrogens (primary N) is 3. The minimum atomic E-state index is -1.43. The van der Waals surface area contributed by atoms with Crippen LogP contribution in [0.2, 0.25) is 0 Å². The summed E-state index contributed by atoms with van der Waals surface area (Å²) in [6.07, 6.45) is 1.66. The van der Waals surface area contributed by atoms with Crippen molar-refractivity contribution in [1.82, 2.24) is 16.0 Å². The highest BCUT2D eigenvalue weighted by molar-refractivity contribution is 7.98. The molecule has 0 aromatic carbocycles. The third-order valence-electron chi connectivity index (χ3n) is 5.10. The van der Waals surface area contributed by atoms with Crippen LogP contribution in [0.1, 0.15) is 46.0 Å². The Morgan fingerprint density at radius 2 is 1.47 bits per heavy atom. The Morgan fingerprint density at radius 3 is 1.94 bits per heavy atom. The number of carbonyl (C=O) groups excluding carboxylic acids is 5. The SMILES string of the molecule is CCC(C)C(NC(=O)C(CC(N)=O)NC(=O)C(N)CCC(N)=O)C(=O)NC(CCSC)C(=O)O. The predicted molar refractivity (Wildman–Crippen MR) is 126 cm³/mol. The zero-order valence-corrected chi connectivity index (χ0v) is 20.5. The van der Waals surface area contributed by atoms with Crippen LogP contribution in [0.5, 0.6) is 0 Å². The van der Waals surface area contributed by atoms with Crippen molar-refractivity contribution in [2.45, 2.75) is 70.1 Å². The molecule has 0 radical (unpaired) electrons. The van der Waals surface area contributed by atoms with Crippen LogP contribution in [-0.4, -0.2) is 76.8 Å². The Bertz CT molecular complexity index is 751. The molecule has 0 bridgehead atoms. The molecule has 0 spiro atoms. The van der Waals surface area contributed by atoms with Gasteiger partial charge in [-0.05, 0) is 30.8 Å². The Balaban J connectivity index is 5.51. The molecule has 0 heterocycles. The van der Waals surface area contributed by atoms with Gasteiger partial charge in [-0.1, -0.05) is 20.3 Å². The Kier molecular flexibility index (Phi) is 14.5. The second kappa shape index (κ2) is 15.9. The van der Waals surface area contributed by atoms with E-state index in [1.807, 2.05) is 0 Å². The maximum Gasteiger partial charge on any atom is 0.326 e. The van der Waals surface area contributed by atoms with Crippen LogP contribution >= 0.6 is 11.8 Å². The number of aliphatic carboxylic acids is 1. The van der Waals surface area contributed by atoms with Crippen molar-refractivity contribution in [1.29, 1.82) is 0 Å². The highest BCUT2D eigenvalue weighted by Gasteiger charge is 2.33. The van der Waals surface area contributed by atoms with Gasteiger partial charge in [0, 0.05) is 6.42 Å². The summed E-state index contributed by atoms with van der Waals surface area (Å²) in [5.74, 6) is -5.05. The predicted octanol–water partition coefficient (Wildman–Crippen LogP) is -2.21. The molecule has 14 heteroatoms. The first-order chi connectivity index (χ1) is 15.8. The maximum absolute atomic E-state index is 12.9. The fourth-order valence-corrected chi connectivity index (χ4v) is 3.30. The lowest BCUT2D eigenvalue weighted by atomic mass is 9.97. The van der Waals surface area contributed by atoms with Crippen molar-refractivity contribution in [2.75, 3.05) is 12.0 Å². The number of carbonyl (C=O) groups is 6. The van der Waals surface area contributed by atoms with Crippen LogP contribution in [0.3, 0.4) is 0 Å². The van der Waals surface area contributed by atoms with Crippen LogP contribution in [0, 0.1) is 5.92 Å². The number of hydrogen-bond acceptors (Lipinski definition) is 8. The normalized spacial score (nSPS) is 15.2. The molecule has 0 aliphatic heterocycles.